The van der Waals surface area contributed by atoms with Gasteiger partial charge >= 0.3 is 0 Å². The van der Waals surface area contributed by atoms with Gasteiger partial charge in [-0.1, -0.05) is 55.3 Å². The minimum absolute atomic E-state index is 0.318. The van der Waals surface area contributed by atoms with Crippen molar-refractivity contribution in [2.75, 3.05) is 18.6 Å². The Morgan fingerprint density at radius 3 is 2.93 bits per heavy atom. The molecule has 0 N–H and O–H groups in total. The minimum Gasteiger partial charge on any atom is -0.378 e. The molecule has 1 aromatic carbocycles. The molecule has 0 saturated carbocycles. The molecule has 1 aliphatic rings. The smallest absolute Gasteiger partial charge is 0.254 e. The van der Waals surface area contributed by atoms with E-state index in [1.54, 1.807) is 13.4 Å². The number of anilines is 1. The highest BCUT2D eigenvalue weighted by atomic mass is 16.5. The molecule has 4 rings (SSSR count). The monoisotopic (exact) mass is 363 g/mol. The van der Waals surface area contributed by atoms with Crippen LogP contribution in [0.15, 0.2) is 48.8 Å². The van der Waals surface area contributed by atoms with E-state index in [-0.39, 0.29) is 0 Å². The van der Waals surface area contributed by atoms with Gasteiger partial charge in [0.25, 0.3) is 5.78 Å². The van der Waals surface area contributed by atoms with Crippen molar-refractivity contribution in [2.24, 2.45) is 0 Å². The molecule has 0 spiro atoms. The second-order valence-corrected chi connectivity index (χ2v) is 6.89. The molecule has 6 heteroatoms. The normalized spacial score (nSPS) is 18.3. The minimum atomic E-state index is 0.318. The Bertz CT molecular complexity index is 905. The van der Waals surface area contributed by atoms with Crippen LogP contribution < -0.4 is 4.90 Å². The second-order valence-electron chi connectivity index (χ2n) is 6.89. The molecule has 0 amide bonds. The Morgan fingerprint density at radius 2 is 2.07 bits per heavy atom. The van der Waals surface area contributed by atoms with Gasteiger partial charge in [-0.2, -0.15) is 14.6 Å². The van der Waals surface area contributed by atoms with Crippen molar-refractivity contribution in [3.8, 4) is 0 Å². The largest absolute Gasteiger partial charge is 0.378 e. The van der Waals surface area contributed by atoms with E-state index in [0.29, 0.717) is 18.4 Å². The standard InChI is InChI=1S/C21H25N5O/c1-27-15-18-14-20(26-21(24-18)22-16-23-26)25-13-7-3-6-10-19(25)12-11-17-8-4-2-5-9-17/h2,4-5,8-9,11-12,14,16,19H,3,6-7,10,13,15H2,1H3/b12-11+. The maximum Gasteiger partial charge on any atom is 0.254 e. The second kappa shape index (κ2) is 8.31. The van der Waals surface area contributed by atoms with Gasteiger partial charge < -0.3 is 9.64 Å². The third-order valence-electron chi connectivity index (χ3n) is 4.98. The fraction of sp³-hybridized carbons (Fsp3) is 0.381. The fourth-order valence-electron chi connectivity index (χ4n) is 3.68. The van der Waals surface area contributed by atoms with E-state index in [4.69, 9.17) is 4.74 Å². The highest BCUT2D eigenvalue weighted by Crippen LogP contribution is 2.26. The molecule has 2 aromatic heterocycles. The zero-order valence-electron chi connectivity index (χ0n) is 15.7. The number of nitrogens with zero attached hydrogens (tertiary/aromatic N) is 5. The molecule has 1 atom stereocenters. The van der Waals surface area contributed by atoms with Crippen LogP contribution in [0.3, 0.4) is 0 Å². The zero-order valence-corrected chi connectivity index (χ0v) is 15.7. The quantitative estimate of drug-likeness (QED) is 0.691. The van der Waals surface area contributed by atoms with E-state index in [1.165, 1.54) is 24.8 Å². The van der Waals surface area contributed by atoms with Crippen LogP contribution in [-0.4, -0.2) is 39.3 Å². The predicted molar refractivity (Wildman–Crippen MR) is 107 cm³/mol. The van der Waals surface area contributed by atoms with Crippen LogP contribution in [0, 0.1) is 0 Å². The zero-order chi connectivity index (χ0) is 18.5. The van der Waals surface area contributed by atoms with E-state index in [1.807, 2.05) is 10.6 Å². The number of hydrogen-bond donors (Lipinski definition) is 0. The summed E-state index contributed by atoms with van der Waals surface area (Å²) in [6.45, 7) is 1.46. The first-order valence-corrected chi connectivity index (χ1v) is 9.53. The Labute approximate surface area is 159 Å². The Morgan fingerprint density at radius 1 is 1.19 bits per heavy atom. The van der Waals surface area contributed by atoms with E-state index < -0.39 is 0 Å². The number of aromatic nitrogens is 4. The Balaban J connectivity index is 1.71. The lowest BCUT2D eigenvalue weighted by Gasteiger charge is -2.30. The molecule has 1 aliphatic heterocycles. The SMILES string of the molecule is COCc1cc(N2CCCCCC2/C=C/c2ccccc2)n2ncnc2n1. The van der Waals surface area contributed by atoms with E-state index >= 15 is 0 Å². The fourth-order valence-corrected chi connectivity index (χ4v) is 3.68. The number of ether oxygens (including phenoxy) is 1. The first kappa shape index (κ1) is 17.7. The predicted octanol–water partition coefficient (Wildman–Crippen LogP) is 3.73. The molecule has 0 aliphatic carbocycles. The molecule has 1 unspecified atom stereocenters. The van der Waals surface area contributed by atoms with Gasteiger partial charge in [-0.25, -0.2) is 4.98 Å². The lowest BCUT2D eigenvalue weighted by molar-refractivity contribution is 0.181. The van der Waals surface area contributed by atoms with Gasteiger partial charge in [-0.3, -0.25) is 0 Å². The maximum atomic E-state index is 5.30. The van der Waals surface area contributed by atoms with Gasteiger partial charge in [0.05, 0.1) is 12.3 Å². The van der Waals surface area contributed by atoms with Crippen LogP contribution in [0.2, 0.25) is 0 Å². The summed E-state index contributed by atoms with van der Waals surface area (Å²) < 4.78 is 7.14. The Kier molecular flexibility index (Phi) is 5.44. The van der Waals surface area contributed by atoms with Crippen molar-refractivity contribution < 1.29 is 4.74 Å². The molecular formula is C21H25N5O. The highest BCUT2D eigenvalue weighted by molar-refractivity contribution is 5.54. The van der Waals surface area contributed by atoms with Crippen LogP contribution in [0.5, 0.6) is 0 Å². The Hall–Kier alpha value is -2.73. The van der Waals surface area contributed by atoms with Crippen molar-refractivity contribution in [3.05, 3.63) is 60.1 Å². The average Bonchev–Trinajstić information content (AvgIpc) is 3.04. The summed E-state index contributed by atoms with van der Waals surface area (Å²) in [5.41, 5.74) is 2.10. The topological polar surface area (TPSA) is 55.6 Å². The van der Waals surface area contributed by atoms with Crippen LogP contribution in [-0.2, 0) is 11.3 Å². The number of fused-ring (bicyclic) bond motifs is 1. The molecule has 1 fully saturated rings. The molecule has 3 aromatic rings. The lowest BCUT2D eigenvalue weighted by Crippen LogP contribution is -2.35. The van der Waals surface area contributed by atoms with Crippen LogP contribution in [0.25, 0.3) is 11.9 Å². The number of benzene rings is 1. The van der Waals surface area contributed by atoms with Gasteiger partial charge in [0.1, 0.15) is 12.1 Å². The number of hydrogen-bond acceptors (Lipinski definition) is 5. The number of methoxy groups -OCH3 is 1. The third kappa shape index (κ3) is 4.01. The molecule has 6 nitrogen and oxygen atoms in total. The summed E-state index contributed by atoms with van der Waals surface area (Å²) in [7, 11) is 1.69. The molecule has 0 radical (unpaired) electrons. The first-order valence-electron chi connectivity index (χ1n) is 9.53. The molecule has 27 heavy (non-hydrogen) atoms. The summed E-state index contributed by atoms with van der Waals surface area (Å²) >= 11 is 0. The van der Waals surface area contributed by atoms with Gasteiger partial charge in [-0.15, -0.1) is 0 Å². The van der Waals surface area contributed by atoms with Crippen LogP contribution >= 0.6 is 0 Å². The molecule has 140 valence electrons. The highest BCUT2D eigenvalue weighted by Gasteiger charge is 2.23. The van der Waals surface area contributed by atoms with Gasteiger partial charge in [0.2, 0.25) is 0 Å². The van der Waals surface area contributed by atoms with Crippen molar-refractivity contribution >= 4 is 17.7 Å². The van der Waals surface area contributed by atoms with Crippen molar-refractivity contribution in [3.63, 3.8) is 0 Å². The summed E-state index contributed by atoms with van der Waals surface area (Å²) in [5.74, 6) is 1.66. The summed E-state index contributed by atoms with van der Waals surface area (Å²) in [5, 5.41) is 4.41. The lowest BCUT2D eigenvalue weighted by atomic mass is 10.1. The van der Waals surface area contributed by atoms with Gasteiger partial charge in [-0.05, 0) is 18.4 Å². The molecule has 0 bridgehead atoms. The van der Waals surface area contributed by atoms with E-state index in [9.17, 15) is 0 Å². The van der Waals surface area contributed by atoms with Crippen molar-refractivity contribution in [1.82, 2.24) is 19.6 Å². The number of rotatable bonds is 5. The first-order chi connectivity index (χ1) is 13.3. The third-order valence-corrected chi connectivity index (χ3v) is 4.98. The van der Waals surface area contributed by atoms with Crippen molar-refractivity contribution in [2.45, 2.75) is 38.3 Å². The van der Waals surface area contributed by atoms with Crippen LogP contribution in [0.4, 0.5) is 5.82 Å². The summed E-state index contributed by atoms with van der Waals surface area (Å²) in [6, 6.07) is 12.9. The summed E-state index contributed by atoms with van der Waals surface area (Å²) in [6.07, 6.45) is 10.9. The molecule has 3 heterocycles. The van der Waals surface area contributed by atoms with Gasteiger partial charge in [0, 0.05) is 25.8 Å². The summed E-state index contributed by atoms with van der Waals surface area (Å²) in [4.78, 5) is 11.3. The van der Waals surface area contributed by atoms with E-state index in [2.05, 4.69) is 62.5 Å². The maximum absolute atomic E-state index is 5.30. The molecule has 1 saturated heterocycles. The van der Waals surface area contributed by atoms with Gasteiger partial charge in [0.15, 0.2) is 0 Å². The van der Waals surface area contributed by atoms with Crippen LogP contribution in [0.1, 0.15) is 36.9 Å². The molecular weight excluding hydrogens is 338 g/mol. The average molecular weight is 363 g/mol. The van der Waals surface area contributed by atoms with E-state index in [0.717, 1.165) is 24.5 Å². The van der Waals surface area contributed by atoms with Crippen molar-refractivity contribution in [1.29, 1.82) is 0 Å².